The maximum Gasteiger partial charge on any atom is 0.338 e. The minimum absolute atomic E-state index is 0.0759. The van der Waals surface area contributed by atoms with Crippen molar-refractivity contribution in [3.05, 3.63) is 71.8 Å². The molecule has 8 nitrogen and oxygen atoms in total. The van der Waals surface area contributed by atoms with Crippen LogP contribution in [0.15, 0.2) is 60.7 Å². The van der Waals surface area contributed by atoms with Crippen LogP contribution in [0.2, 0.25) is 0 Å². The summed E-state index contributed by atoms with van der Waals surface area (Å²) >= 11 is 0. The first kappa shape index (κ1) is 25.5. The molecule has 2 aliphatic heterocycles. The Morgan fingerprint density at radius 2 is 1.50 bits per heavy atom. The van der Waals surface area contributed by atoms with Crippen LogP contribution in [0.4, 0.5) is 0 Å². The van der Waals surface area contributed by atoms with Crippen LogP contribution in [-0.4, -0.2) is 56.9 Å². The van der Waals surface area contributed by atoms with E-state index >= 15 is 0 Å². The molecule has 2 aromatic carbocycles. The lowest BCUT2D eigenvalue weighted by atomic mass is 10.1. The number of ether oxygens (including phenoxy) is 5. The normalized spacial score (nSPS) is 26.9. The SMILES string of the molecule is COP(=O)(OC)[C@@H](COCc1ccccc1)[C@H]1O[C@@H]2OC(C)(C)O[C@@H]2[C@@H]1OCc1ccccc1. The number of rotatable bonds is 11. The number of hydrogen-bond acceptors (Lipinski definition) is 8. The predicted molar refractivity (Wildman–Crippen MR) is 125 cm³/mol. The van der Waals surface area contributed by atoms with Gasteiger partial charge in [0.2, 0.25) is 0 Å². The van der Waals surface area contributed by atoms with E-state index in [1.165, 1.54) is 14.2 Å². The Balaban J connectivity index is 1.55. The van der Waals surface area contributed by atoms with Crippen molar-refractivity contribution in [1.29, 1.82) is 0 Å². The Morgan fingerprint density at radius 3 is 2.09 bits per heavy atom. The van der Waals surface area contributed by atoms with E-state index in [1.54, 1.807) is 0 Å². The zero-order valence-corrected chi connectivity index (χ0v) is 20.9. The lowest BCUT2D eigenvalue weighted by Crippen LogP contribution is -2.44. The van der Waals surface area contributed by atoms with Crippen LogP contribution in [-0.2, 0) is 50.5 Å². The van der Waals surface area contributed by atoms with Crippen LogP contribution in [0, 0.1) is 0 Å². The highest BCUT2D eigenvalue weighted by molar-refractivity contribution is 7.54. The molecule has 0 saturated carbocycles. The van der Waals surface area contributed by atoms with Gasteiger partial charge < -0.3 is 32.7 Å². The molecular formula is C25H33O8P. The van der Waals surface area contributed by atoms with Gasteiger partial charge >= 0.3 is 7.60 Å². The van der Waals surface area contributed by atoms with E-state index in [-0.39, 0.29) is 6.61 Å². The molecule has 2 heterocycles. The van der Waals surface area contributed by atoms with E-state index < -0.39 is 43.6 Å². The van der Waals surface area contributed by atoms with Crippen molar-refractivity contribution < 1.29 is 37.3 Å². The van der Waals surface area contributed by atoms with Gasteiger partial charge in [-0.15, -0.1) is 0 Å². The fourth-order valence-corrected chi connectivity index (χ4v) is 5.93. The lowest BCUT2D eigenvalue weighted by Gasteiger charge is -2.33. The topological polar surface area (TPSA) is 81.7 Å². The molecule has 0 aliphatic carbocycles. The summed E-state index contributed by atoms with van der Waals surface area (Å²) in [7, 11) is -0.885. The highest BCUT2D eigenvalue weighted by Gasteiger charge is 2.60. The van der Waals surface area contributed by atoms with Crippen molar-refractivity contribution in [3.63, 3.8) is 0 Å². The van der Waals surface area contributed by atoms with Crippen LogP contribution in [0.1, 0.15) is 25.0 Å². The standard InChI is InChI=1S/C25H33O8P/c1-25(2)32-23-22(30-16-19-13-9-6-10-14-19)21(31-24(23)33-25)20(34(26,27-3)28-4)17-29-15-18-11-7-5-8-12-18/h5-14,20-24H,15-17H2,1-4H3/t20-,21+,22+,23+,24+/m0/s1. The van der Waals surface area contributed by atoms with E-state index in [0.717, 1.165) is 11.1 Å². The summed E-state index contributed by atoms with van der Waals surface area (Å²) in [5, 5.41) is 0. The molecule has 2 saturated heterocycles. The molecular weight excluding hydrogens is 459 g/mol. The minimum Gasteiger partial charge on any atom is -0.376 e. The molecule has 0 unspecified atom stereocenters. The molecule has 0 aromatic heterocycles. The summed E-state index contributed by atoms with van der Waals surface area (Å²) in [6.07, 6.45) is -2.44. The van der Waals surface area contributed by atoms with Crippen LogP contribution in [0.3, 0.4) is 0 Å². The summed E-state index contributed by atoms with van der Waals surface area (Å²) in [6, 6.07) is 19.6. The average molecular weight is 493 g/mol. The van der Waals surface area contributed by atoms with E-state index in [0.29, 0.717) is 13.2 Å². The monoisotopic (exact) mass is 492 g/mol. The van der Waals surface area contributed by atoms with Crippen LogP contribution >= 0.6 is 7.60 Å². The first-order chi connectivity index (χ1) is 16.3. The first-order valence-electron chi connectivity index (χ1n) is 11.3. The highest BCUT2D eigenvalue weighted by atomic mass is 31.2. The van der Waals surface area contributed by atoms with Crippen molar-refractivity contribution in [2.75, 3.05) is 20.8 Å². The fourth-order valence-electron chi connectivity index (χ4n) is 4.35. The van der Waals surface area contributed by atoms with Gasteiger partial charge in [-0.1, -0.05) is 60.7 Å². The Labute approximate surface area is 200 Å². The smallest absolute Gasteiger partial charge is 0.338 e. The quantitative estimate of drug-likeness (QED) is 0.424. The molecule has 0 amide bonds. The number of benzene rings is 2. The third kappa shape index (κ3) is 5.78. The Hall–Kier alpha value is -1.61. The highest BCUT2D eigenvalue weighted by Crippen LogP contribution is 2.56. The summed E-state index contributed by atoms with van der Waals surface area (Å²) < 4.78 is 55.0. The second-order valence-corrected chi connectivity index (χ2v) is 11.3. The maximum absolute atomic E-state index is 13.6. The molecule has 186 valence electrons. The second kappa shape index (κ2) is 11.0. The molecule has 0 N–H and O–H groups in total. The zero-order valence-electron chi connectivity index (χ0n) is 20.0. The Kier molecular flexibility index (Phi) is 8.23. The summed E-state index contributed by atoms with van der Waals surface area (Å²) in [5.74, 6) is -0.819. The van der Waals surface area contributed by atoms with Crippen molar-refractivity contribution in [3.8, 4) is 0 Å². The largest absolute Gasteiger partial charge is 0.376 e. The maximum atomic E-state index is 13.6. The fraction of sp³-hybridized carbons (Fsp3) is 0.520. The minimum atomic E-state index is -3.61. The van der Waals surface area contributed by atoms with Gasteiger partial charge in [0.15, 0.2) is 12.1 Å². The van der Waals surface area contributed by atoms with Gasteiger partial charge in [-0.2, -0.15) is 0 Å². The van der Waals surface area contributed by atoms with Crippen molar-refractivity contribution >= 4 is 7.60 Å². The zero-order chi connectivity index (χ0) is 24.2. The molecule has 2 aromatic rings. The summed E-state index contributed by atoms with van der Waals surface area (Å²) in [6.45, 7) is 4.41. The number of hydrogen-bond donors (Lipinski definition) is 0. The molecule has 34 heavy (non-hydrogen) atoms. The molecule has 2 aliphatic rings. The van der Waals surface area contributed by atoms with Gasteiger partial charge in [0.25, 0.3) is 0 Å². The molecule has 0 spiro atoms. The second-order valence-electron chi connectivity index (χ2n) is 8.80. The molecule has 2 fully saturated rings. The van der Waals surface area contributed by atoms with Gasteiger partial charge in [0.1, 0.15) is 24.0 Å². The molecule has 0 radical (unpaired) electrons. The third-order valence-electron chi connectivity index (χ3n) is 6.01. The van der Waals surface area contributed by atoms with Gasteiger partial charge in [0.05, 0.1) is 19.8 Å². The van der Waals surface area contributed by atoms with Gasteiger partial charge in [-0.25, -0.2) is 0 Å². The summed E-state index contributed by atoms with van der Waals surface area (Å²) in [4.78, 5) is 0. The van der Waals surface area contributed by atoms with E-state index in [9.17, 15) is 4.57 Å². The predicted octanol–water partition coefficient (Wildman–Crippen LogP) is 4.52. The average Bonchev–Trinajstić information content (AvgIpc) is 3.32. The molecule has 5 atom stereocenters. The van der Waals surface area contributed by atoms with Crippen LogP contribution in [0.25, 0.3) is 0 Å². The van der Waals surface area contributed by atoms with Crippen molar-refractivity contribution in [1.82, 2.24) is 0 Å². The Morgan fingerprint density at radius 1 is 0.912 bits per heavy atom. The molecule has 4 rings (SSSR count). The van der Waals surface area contributed by atoms with Gasteiger partial charge in [-0.05, 0) is 25.0 Å². The van der Waals surface area contributed by atoms with E-state index in [1.807, 2.05) is 74.5 Å². The van der Waals surface area contributed by atoms with Gasteiger partial charge in [0, 0.05) is 14.2 Å². The lowest BCUT2D eigenvalue weighted by molar-refractivity contribution is -0.220. The first-order valence-corrected chi connectivity index (χ1v) is 13.0. The summed E-state index contributed by atoms with van der Waals surface area (Å²) in [5.41, 5.74) is 1.25. The van der Waals surface area contributed by atoms with Crippen molar-refractivity contribution in [2.45, 2.75) is 63.1 Å². The van der Waals surface area contributed by atoms with Crippen LogP contribution in [0.5, 0.6) is 0 Å². The molecule has 0 bridgehead atoms. The Bertz CT molecular complexity index is 946. The third-order valence-corrected chi connectivity index (χ3v) is 8.28. The molecule has 9 heteroatoms. The van der Waals surface area contributed by atoms with E-state index in [2.05, 4.69) is 0 Å². The number of fused-ring (bicyclic) bond motifs is 1. The van der Waals surface area contributed by atoms with E-state index in [4.69, 9.17) is 32.7 Å². The van der Waals surface area contributed by atoms with Crippen LogP contribution < -0.4 is 0 Å². The van der Waals surface area contributed by atoms with Gasteiger partial charge in [-0.3, -0.25) is 4.57 Å². The van der Waals surface area contributed by atoms with Crippen molar-refractivity contribution in [2.24, 2.45) is 0 Å².